The summed E-state index contributed by atoms with van der Waals surface area (Å²) in [5.74, 6) is 0.168. The van der Waals surface area contributed by atoms with Crippen molar-refractivity contribution in [2.75, 3.05) is 27.2 Å². The quantitative estimate of drug-likeness (QED) is 0.630. The van der Waals surface area contributed by atoms with E-state index in [4.69, 9.17) is 0 Å². The summed E-state index contributed by atoms with van der Waals surface area (Å²) in [7, 11) is 3.63. The van der Waals surface area contributed by atoms with Crippen molar-refractivity contribution in [3.05, 3.63) is 0 Å². The molecule has 0 bridgehead atoms. The van der Waals surface area contributed by atoms with E-state index >= 15 is 0 Å². The summed E-state index contributed by atoms with van der Waals surface area (Å²) >= 11 is 0. The van der Waals surface area contributed by atoms with Gasteiger partial charge in [0, 0.05) is 13.6 Å². The topological polar surface area (TPSA) is 32.3 Å². The average molecular weight is 158 g/mol. The molecule has 66 valence electrons. The molecule has 0 aromatic carbocycles. The maximum Gasteiger partial charge on any atom is 0.236 e. The zero-order valence-electron chi connectivity index (χ0n) is 7.68. The molecule has 0 rings (SSSR count). The summed E-state index contributed by atoms with van der Waals surface area (Å²) in [5, 5.41) is 2.83. The minimum absolute atomic E-state index is 0.168. The van der Waals surface area contributed by atoms with Gasteiger partial charge in [-0.2, -0.15) is 0 Å². The minimum atomic E-state index is 0.168. The molecule has 0 atom stereocenters. The molecule has 1 amide bonds. The highest BCUT2D eigenvalue weighted by Gasteiger charge is 2.04. The zero-order chi connectivity index (χ0) is 8.69. The van der Waals surface area contributed by atoms with Crippen molar-refractivity contribution in [2.24, 2.45) is 0 Å². The Kier molecular flexibility index (Phi) is 5.84. The Morgan fingerprint density at radius 1 is 1.55 bits per heavy atom. The van der Waals surface area contributed by atoms with Crippen LogP contribution in [0.25, 0.3) is 0 Å². The smallest absolute Gasteiger partial charge is 0.236 e. The number of hydrogen-bond donors (Lipinski definition) is 1. The molecule has 0 saturated heterocycles. The highest BCUT2D eigenvalue weighted by atomic mass is 16.2. The van der Waals surface area contributed by atoms with Crippen LogP contribution < -0.4 is 5.32 Å². The Hall–Kier alpha value is -0.570. The lowest BCUT2D eigenvalue weighted by molar-refractivity contribution is -0.128. The third-order valence-corrected chi connectivity index (χ3v) is 1.60. The van der Waals surface area contributed by atoms with Crippen LogP contribution in [0.1, 0.15) is 19.8 Å². The molecule has 1 N–H and O–H groups in total. The van der Waals surface area contributed by atoms with Crippen LogP contribution in [0.5, 0.6) is 0 Å². The average Bonchev–Trinajstić information content (AvgIpc) is 2.00. The fraction of sp³-hybridized carbons (Fsp3) is 0.875. The third-order valence-electron chi connectivity index (χ3n) is 1.60. The van der Waals surface area contributed by atoms with Gasteiger partial charge in [-0.1, -0.05) is 13.3 Å². The number of rotatable bonds is 5. The van der Waals surface area contributed by atoms with E-state index in [9.17, 15) is 4.79 Å². The molecule has 0 unspecified atom stereocenters. The molecule has 0 radical (unpaired) electrons. The van der Waals surface area contributed by atoms with Crippen molar-refractivity contribution >= 4 is 5.91 Å². The van der Waals surface area contributed by atoms with Crippen LogP contribution in [0.4, 0.5) is 0 Å². The largest absolute Gasteiger partial charge is 0.345 e. The van der Waals surface area contributed by atoms with Crippen LogP contribution in [0.3, 0.4) is 0 Å². The first-order chi connectivity index (χ1) is 5.22. The minimum Gasteiger partial charge on any atom is -0.345 e. The van der Waals surface area contributed by atoms with E-state index in [1.54, 1.807) is 11.9 Å². The standard InChI is InChI=1S/C8H18N2O/c1-4-5-6-10(3)8(11)7-9-2/h9H,4-7H2,1-3H3. The lowest BCUT2D eigenvalue weighted by atomic mass is 10.3. The summed E-state index contributed by atoms with van der Waals surface area (Å²) in [6.45, 7) is 3.44. The Bertz CT molecular complexity index is 115. The molecule has 0 aromatic heterocycles. The molecule has 3 heteroatoms. The molecule has 0 spiro atoms. The summed E-state index contributed by atoms with van der Waals surface area (Å²) < 4.78 is 0. The molecular weight excluding hydrogens is 140 g/mol. The maximum atomic E-state index is 11.1. The molecule has 3 nitrogen and oxygen atoms in total. The molecule has 0 saturated carbocycles. The Morgan fingerprint density at radius 2 is 2.18 bits per heavy atom. The Labute approximate surface area is 68.8 Å². The van der Waals surface area contributed by atoms with Gasteiger partial charge in [-0.25, -0.2) is 0 Å². The summed E-state index contributed by atoms with van der Waals surface area (Å²) in [6, 6.07) is 0. The summed E-state index contributed by atoms with van der Waals surface area (Å²) in [5.41, 5.74) is 0. The highest BCUT2D eigenvalue weighted by molar-refractivity contribution is 5.77. The van der Waals surface area contributed by atoms with Gasteiger partial charge in [0.1, 0.15) is 0 Å². The van der Waals surface area contributed by atoms with Crippen molar-refractivity contribution < 1.29 is 4.79 Å². The van der Waals surface area contributed by atoms with Crippen molar-refractivity contribution in [1.29, 1.82) is 0 Å². The summed E-state index contributed by atoms with van der Waals surface area (Å²) in [4.78, 5) is 12.9. The van der Waals surface area contributed by atoms with E-state index < -0.39 is 0 Å². The molecule has 0 aromatic rings. The number of amides is 1. The molecule has 0 aliphatic rings. The first-order valence-corrected chi connectivity index (χ1v) is 4.11. The molecular formula is C8H18N2O. The van der Waals surface area contributed by atoms with Gasteiger partial charge in [0.2, 0.25) is 5.91 Å². The van der Waals surface area contributed by atoms with E-state index in [1.165, 1.54) is 0 Å². The predicted molar refractivity (Wildman–Crippen MR) is 46.5 cm³/mol. The SMILES string of the molecule is CCCCN(C)C(=O)CNC. The van der Waals surface area contributed by atoms with Gasteiger partial charge >= 0.3 is 0 Å². The van der Waals surface area contributed by atoms with Gasteiger partial charge in [-0.05, 0) is 13.5 Å². The van der Waals surface area contributed by atoms with E-state index in [0.29, 0.717) is 6.54 Å². The van der Waals surface area contributed by atoms with Gasteiger partial charge in [-0.15, -0.1) is 0 Å². The fourth-order valence-corrected chi connectivity index (χ4v) is 0.806. The van der Waals surface area contributed by atoms with E-state index in [0.717, 1.165) is 19.4 Å². The molecule has 0 aliphatic heterocycles. The molecule has 0 fully saturated rings. The van der Waals surface area contributed by atoms with Crippen molar-refractivity contribution in [2.45, 2.75) is 19.8 Å². The first kappa shape index (κ1) is 10.4. The van der Waals surface area contributed by atoms with E-state index in [-0.39, 0.29) is 5.91 Å². The second-order valence-electron chi connectivity index (χ2n) is 2.70. The molecule has 0 aliphatic carbocycles. The first-order valence-electron chi connectivity index (χ1n) is 4.11. The Balaban J connectivity index is 3.46. The van der Waals surface area contributed by atoms with Crippen molar-refractivity contribution in [1.82, 2.24) is 10.2 Å². The second-order valence-corrected chi connectivity index (χ2v) is 2.70. The second kappa shape index (κ2) is 6.16. The van der Waals surface area contributed by atoms with Crippen LogP contribution in [0.15, 0.2) is 0 Å². The lowest BCUT2D eigenvalue weighted by Gasteiger charge is -2.15. The highest BCUT2D eigenvalue weighted by Crippen LogP contribution is 1.91. The van der Waals surface area contributed by atoms with E-state index in [2.05, 4.69) is 12.2 Å². The van der Waals surface area contributed by atoms with Crippen LogP contribution in [-0.4, -0.2) is 38.0 Å². The van der Waals surface area contributed by atoms with Crippen LogP contribution in [-0.2, 0) is 4.79 Å². The number of carbonyl (C=O) groups is 1. The summed E-state index contributed by atoms with van der Waals surface area (Å²) in [6.07, 6.45) is 2.23. The Morgan fingerprint density at radius 3 is 2.64 bits per heavy atom. The zero-order valence-corrected chi connectivity index (χ0v) is 7.68. The molecule has 0 heterocycles. The fourth-order valence-electron chi connectivity index (χ4n) is 0.806. The predicted octanol–water partition coefficient (Wildman–Crippen LogP) is 0.464. The van der Waals surface area contributed by atoms with Gasteiger partial charge in [-0.3, -0.25) is 4.79 Å². The third kappa shape index (κ3) is 4.79. The van der Waals surface area contributed by atoms with Gasteiger partial charge in [0.25, 0.3) is 0 Å². The van der Waals surface area contributed by atoms with Gasteiger partial charge in [0.05, 0.1) is 6.54 Å². The number of unbranched alkanes of at least 4 members (excludes halogenated alkanes) is 1. The maximum absolute atomic E-state index is 11.1. The lowest BCUT2D eigenvalue weighted by Crippen LogP contribution is -2.34. The van der Waals surface area contributed by atoms with Gasteiger partial charge < -0.3 is 10.2 Å². The number of hydrogen-bond acceptors (Lipinski definition) is 2. The normalized spacial score (nSPS) is 9.73. The van der Waals surface area contributed by atoms with Crippen LogP contribution >= 0.6 is 0 Å². The number of nitrogens with zero attached hydrogens (tertiary/aromatic N) is 1. The van der Waals surface area contributed by atoms with Gasteiger partial charge in [0.15, 0.2) is 0 Å². The monoisotopic (exact) mass is 158 g/mol. The number of likely N-dealkylation sites (N-methyl/N-ethyl adjacent to an activating group) is 2. The van der Waals surface area contributed by atoms with Crippen LogP contribution in [0, 0.1) is 0 Å². The van der Waals surface area contributed by atoms with Crippen molar-refractivity contribution in [3.63, 3.8) is 0 Å². The number of nitrogens with one attached hydrogen (secondary N) is 1. The molecule has 11 heavy (non-hydrogen) atoms. The van der Waals surface area contributed by atoms with E-state index in [1.807, 2.05) is 7.05 Å². The van der Waals surface area contributed by atoms with Crippen LogP contribution in [0.2, 0.25) is 0 Å². The van der Waals surface area contributed by atoms with Crippen molar-refractivity contribution in [3.8, 4) is 0 Å². The number of carbonyl (C=O) groups excluding carboxylic acids is 1.